The van der Waals surface area contributed by atoms with E-state index in [9.17, 15) is 0 Å². The van der Waals surface area contributed by atoms with Crippen LogP contribution >= 0.6 is 0 Å². The number of terminal acetylenes is 2. The third-order valence-corrected chi connectivity index (χ3v) is 7.23. The molecular formula is C44H53N3O12. The van der Waals surface area contributed by atoms with Crippen molar-refractivity contribution in [2.24, 2.45) is 0 Å². The Hall–Kier alpha value is -5.27. The molecule has 0 radical (unpaired) electrons. The number of methoxy groups -OCH3 is 3. The average molecular weight is 816 g/mol. The molecular weight excluding hydrogens is 762 g/mol. The van der Waals surface area contributed by atoms with Gasteiger partial charge in [0.15, 0.2) is 0 Å². The molecule has 0 N–H and O–H groups in total. The number of hydrogen-bond donors (Lipinski definition) is 0. The second-order valence-electron chi connectivity index (χ2n) is 11.7. The lowest BCUT2D eigenvalue weighted by atomic mass is 10.2. The lowest BCUT2D eigenvalue weighted by Crippen LogP contribution is -2.12. The van der Waals surface area contributed by atoms with Crippen LogP contribution in [0.1, 0.15) is 34.2 Å². The molecule has 3 aromatic rings. The standard InChI is InChI=1S/C44H53N3O12/c1-6-36-30-42(57-27-24-54-21-18-51-15-12-48-3)32-38(45-36)8-10-40-34-44(59-29-26-56-23-20-53-17-14-50-5)35-41(47-40)11-9-39-33-43(31-37(7-2)46-39)58-28-25-55-22-19-52-16-13-49-4/h1-2,30-35H,12-29H2,3-5H3. The van der Waals surface area contributed by atoms with Crippen molar-refractivity contribution in [3.63, 3.8) is 0 Å². The molecule has 0 aromatic carbocycles. The molecule has 3 aromatic heterocycles. The van der Waals surface area contributed by atoms with Gasteiger partial charge in [-0.1, -0.05) is 11.8 Å². The zero-order valence-corrected chi connectivity index (χ0v) is 34.1. The summed E-state index contributed by atoms with van der Waals surface area (Å²) in [5.74, 6) is 18.7. The van der Waals surface area contributed by atoms with Gasteiger partial charge in [-0.25, -0.2) is 15.0 Å². The van der Waals surface area contributed by atoms with Crippen molar-refractivity contribution in [1.82, 2.24) is 15.0 Å². The summed E-state index contributed by atoms with van der Waals surface area (Å²) >= 11 is 0. The number of aromatic nitrogens is 3. The molecule has 3 heterocycles. The first kappa shape index (κ1) is 48.1. The fourth-order valence-electron chi connectivity index (χ4n) is 4.47. The maximum absolute atomic E-state index is 6.00. The minimum Gasteiger partial charge on any atom is -0.491 e. The van der Waals surface area contributed by atoms with Gasteiger partial charge in [0.25, 0.3) is 0 Å². The number of hydrogen-bond acceptors (Lipinski definition) is 15. The van der Waals surface area contributed by atoms with Crippen LogP contribution in [0.2, 0.25) is 0 Å². The molecule has 59 heavy (non-hydrogen) atoms. The van der Waals surface area contributed by atoms with Crippen molar-refractivity contribution in [3.05, 3.63) is 70.6 Å². The Morgan fingerprint density at radius 2 is 0.559 bits per heavy atom. The lowest BCUT2D eigenvalue weighted by molar-refractivity contribution is 0.0179. The van der Waals surface area contributed by atoms with Gasteiger partial charge in [0.2, 0.25) is 0 Å². The predicted molar refractivity (Wildman–Crippen MR) is 218 cm³/mol. The number of rotatable bonds is 30. The monoisotopic (exact) mass is 815 g/mol. The van der Waals surface area contributed by atoms with Crippen LogP contribution in [0.5, 0.6) is 17.2 Å². The van der Waals surface area contributed by atoms with Gasteiger partial charge in [-0.05, 0) is 23.7 Å². The van der Waals surface area contributed by atoms with Crippen LogP contribution in [0.15, 0.2) is 36.4 Å². The zero-order valence-electron chi connectivity index (χ0n) is 34.1. The van der Waals surface area contributed by atoms with Gasteiger partial charge >= 0.3 is 0 Å². The third kappa shape index (κ3) is 22.5. The highest BCUT2D eigenvalue weighted by Gasteiger charge is 2.06. The first-order valence-electron chi connectivity index (χ1n) is 18.9. The Labute approximate surface area is 347 Å². The molecule has 0 amide bonds. The van der Waals surface area contributed by atoms with E-state index in [0.717, 1.165) is 0 Å². The number of pyridine rings is 3. The lowest BCUT2D eigenvalue weighted by Gasteiger charge is -2.09. The zero-order chi connectivity index (χ0) is 42.0. The predicted octanol–water partition coefficient (Wildman–Crippen LogP) is 2.81. The molecule has 0 spiro atoms. The van der Waals surface area contributed by atoms with Crippen LogP contribution in [-0.2, 0) is 42.6 Å². The second kappa shape index (κ2) is 31.7. The quantitative estimate of drug-likeness (QED) is 0.0717. The molecule has 0 atom stereocenters. The van der Waals surface area contributed by atoms with Crippen molar-refractivity contribution in [2.75, 3.05) is 140 Å². The fraction of sp³-hybridized carbons (Fsp3) is 0.477. The van der Waals surface area contributed by atoms with E-state index in [-0.39, 0.29) is 6.61 Å². The highest BCUT2D eigenvalue weighted by molar-refractivity contribution is 5.48. The molecule has 0 aliphatic heterocycles. The SMILES string of the molecule is C#Cc1cc(OCCOCCOCCOC)cc(C#Cc2cc(OCCOCCOCCOC)cc(C#Cc3cc(OCCOCCOCCOC)cc(C#C)n3)n2)n1. The van der Waals surface area contributed by atoms with E-state index in [2.05, 4.69) is 50.5 Å². The molecule has 3 rings (SSSR count). The Morgan fingerprint density at radius 1 is 0.339 bits per heavy atom. The summed E-state index contributed by atoms with van der Waals surface area (Å²) in [7, 11) is 4.87. The van der Waals surface area contributed by atoms with Crippen molar-refractivity contribution >= 4 is 0 Å². The van der Waals surface area contributed by atoms with Crippen LogP contribution in [0, 0.1) is 48.4 Å². The molecule has 0 unspecified atom stereocenters. The number of ether oxygens (including phenoxy) is 12. The molecule has 0 bridgehead atoms. The first-order valence-corrected chi connectivity index (χ1v) is 18.9. The minimum absolute atomic E-state index is 0.260. The van der Waals surface area contributed by atoms with Crippen LogP contribution in [0.4, 0.5) is 0 Å². The van der Waals surface area contributed by atoms with Crippen molar-refractivity contribution in [2.45, 2.75) is 0 Å². The molecule has 0 aliphatic rings. The van der Waals surface area contributed by atoms with Crippen molar-refractivity contribution in [1.29, 1.82) is 0 Å². The molecule has 0 fully saturated rings. The Kier molecular flexibility index (Phi) is 25.8. The van der Waals surface area contributed by atoms with Gasteiger partial charge in [0.05, 0.1) is 99.1 Å². The summed E-state index contributed by atoms with van der Waals surface area (Å²) in [6.07, 6.45) is 11.4. The minimum atomic E-state index is 0.260. The summed E-state index contributed by atoms with van der Waals surface area (Å²) in [4.78, 5) is 13.5. The molecule has 0 saturated heterocycles. The third-order valence-electron chi connectivity index (χ3n) is 7.23. The van der Waals surface area contributed by atoms with Gasteiger partial charge < -0.3 is 56.8 Å². The molecule has 0 aliphatic carbocycles. The van der Waals surface area contributed by atoms with Crippen LogP contribution in [0.25, 0.3) is 0 Å². The van der Waals surface area contributed by atoms with Gasteiger partial charge in [-0.3, -0.25) is 0 Å². The van der Waals surface area contributed by atoms with Gasteiger partial charge in [0, 0.05) is 57.7 Å². The van der Waals surface area contributed by atoms with E-state index >= 15 is 0 Å². The Bertz CT molecular complexity index is 1740. The molecule has 15 nitrogen and oxygen atoms in total. The van der Waals surface area contributed by atoms with Gasteiger partial charge in [0.1, 0.15) is 71.2 Å². The summed E-state index contributed by atoms with van der Waals surface area (Å²) in [6, 6.07) is 10.1. The maximum Gasteiger partial charge on any atom is 0.125 e. The van der Waals surface area contributed by atoms with Gasteiger partial charge in [-0.2, -0.15) is 0 Å². The smallest absolute Gasteiger partial charge is 0.125 e. The summed E-state index contributed by atoms with van der Waals surface area (Å²) in [5.41, 5.74) is 2.23. The van der Waals surface area contributed by atoms with E-state index in [4.69, 9.17) is 69.7 Å². The van der Waals surface area contributed by atoms with E-state index in [0.29, 0.717) is 164 Å². The van der Waals surface area contributed by atoms with Crippen molar-refractivity contribution < 1.29 is 56.8 Å². The second-order valence-corrected chi connectivity index (χ2v) is 11.7. The molecule has 316 valence electrons. The van der Waals surface area contributed by atoms with E-state index in [1.807, 2.05) is 0 Å². The van der Waals surface area contributed by atoms with Crippen LogP contribution < -0.4 is 14.2 Å². The van der Waals surface area contributed by atoms with Crippen LogP contribution in [-0.4, -0.2) is 155 Å². The van der Waals surface area contributed by atoms with E-state index < -0.39 is 0 Å². The summed E-state index contributed by atoms with van der Waals surface area (Å²) < 4.78 is 65.6. The number of nitrogens with zero attached hydrogens (tertiary/aromatic N) is 3. The topological polar surface area (TPSA) is 149 Å². The Balaban J connectivity index is 1.72. The average Bonchev–Trinajstić information content (AvgIpc) is 3.25. The normalized spacial score (nSPS) is 10.5. The summed E-state index contributed by atoms with van der Waals surface area (Å²) in [5, 5.41) is 0. The van der Waals surface area contributed by atoms with E-state index in [1.54, 1.807) is 57.7 Å². The fourth-order valence-corrected chi connectivity index (χ4v) is 4.47. The van der Waals surface area contributed by atoms with E-state index in [1.165, 1.54) is 0 Å². The highest BCUT2D eigenvalue weighted by Crippen LogP contribution is 2.17. The largest absolute Gasteiger partial charge is 0.491 e. The molecule has 0 saturated carbocycles. The van der Waals surface area contributed by atoms with Gasteiger partial charge in [-0.15, -0.1) is 12.8 Å². The van der Waals surface area contributed by atoms with Crippen LogP contribution in [0.3, 0.4) is 0 Å². The highest BCUT2D eigenvalue weighted by atomic mass is 16.6. The first-order chi connectivity index (χ1) is 29.1. The maximum atomic E-state index is 6.00. The Morgan fingerprint density at radius 3 is 0.814 bits per heavy atom. The molecule has 15 heteroatoms. The summed E-state index contributed by atoms with van der Waals surface area (Å²) in [6.45, 7) is 7.63. The van der Waals surface area contributed by atoms with Crippen molar-refractivity contribution in [3.8, 4) is 65.6 Å².